The summed E-state index contributed by atoms with van der Waals surface area (Å²) in [5, 5.41) is 0. The van der Waals surface area contributed by atoms with Crippen molar-refractivity contribution in [2.24, 2.45) is 0 Å². The van der Waals surface area contributed by atoms with Crippen LogP contribution in [0.4, 0.5) is 0 Å². The van der Waals surface area contributed by atoms with Crippen LogP contribution in [0.15, 0.2) is 30.5 Å². The third kappa shape index (κ3) is 3.07. The Morgan fingerprint density at radius 1 is 1.32 bits per heavy atom. The summed E-state index contributed by atoms with van der Waals surface area (Å²) in [5.41, 5.74) is 1.87. The van der Waals surface area contributed by atoms with Crippen LogP contribution in [0.1, 0.15) is 21.7 Å². The summed E-state index contributed by atoms with van der Waals surface area (Å²) in [6, 6.07) is 7.18. The van der Waals surface area contributed by atoms with E-state index in [4.69, 9.17) is 9.47 Å². The average Bonchev–Trinajstić information content (AvgIpc) is 2.46. The van der Waals surface area contributed by atoms with Crippen molar-refractivity contribution >= 4 is 6.29 Å². The van der Waals surface area contributed by atoms with Crippen LogP contribution in [0, 0.1) is 6.92 Å². The number of carbonyl (C=O) groups excluding carboxylic acids is 1. The zero-order valence-electron chi connectivity index (χ0n) is 10.8. The first-order chi connectivity index (χ1) is 9.24. The van der Waals surface area contributed by atoms with Gasteiger partial charge in [0, 0.05) is 11.9 Å². The average molecular weight is 258 g/mol. The lowest BCUT2D eigenvalue weighted by Crippen LogP contribution is -2.03. The molecule has 2 heterocycles. The Morgan fingerprint density at radius 3 is 2.89 bits per heavy atom. The summed E-state index contributed by atoms with van der Waals surface area (Å²) in [6.45, 7) is 2.09. The minimum Gasteiger partial charge on any atom is -0.486 e. The van der Waals surface area contributed by atoms with Gasteiger partial charge in [-0.25, -0.2) is 9.97 Å². The summed E-state index contributed by atoms with van der Waals surface area (Å²) in [6.07, 6.45) is 2.33. The van der Waals surface area contributed by atoms with E-state index in [0.717, 1.165) is 11.3 Å². The molecule has 2 rings (SSSR count). The fourth-order valence-corrected chi connectivity index (χ4v) is 1.64. The Kier molecular flexibility index (Phi) is 4.07. The van der Waals surface area contributed by atoms with Crippen LogP contribution in [0.3, 0.4) is 0 Å². The maximum Gasteiger partial charge on any atom is 0.219 e. The molecule has 0 amide bonds. The number of hydrogen-bond acceptors (Lipinski definition) is 5. The fraction of sp³-hybridized carbons (Fsp3) is 0.214. The van der Waals surface area contributed by atoms with E-state index in [1.54, 1.807) is 31.5 Å². The van der Waals surface area contributed by atoms with Crippen LogP contribution in [0.2, 0.25) is 0 Å². The molecule has 0 radical (unpaired) electrons. The molecule has 19 heavy (non-hydrogen) atoms. The molecule has 0 aliphatic carbocycles. The van der Waals surface area contributed by atoms with Gasteiger partial charge in [0.15, 0.2) is 6.29 Å². The van der Waals surface area contributed by atoms with E-state index in [1.165, 1.54) is 0 Å². The number of pyridine rings is 2. The molecule has 0 unspecified atom stereocenters. The predicted molar refractivity (Wildman–Crippen MR) is 69.5 cm³/mol. The lowest BCUT2D eigenvalue weighted by atomic mass is 10.2. The van der Waals surface area contributed by atoms with E-state index in [-0.39, 0.29) is 6.61 Å². The number of aromatic nitrogens is 2. The van der Waals surface area contributed by atoms with Crippen molar-refractivity contribution in [3.63, 3.8) is 0 Å². The molecule has 0 atom stereocenters. The number of hydrogen-bond donors (Lipinski definition) is 0. The molecule has 0 spiro atoms. The Labute approximate surface area is 111 Å². The van der Waals surface area contributed by atoms with E-state index in [9.17, 15) is 4.79 Å². The number of nitrogens with zero attached hydrogens (tertiary/aromatic N) is 2. The molecule has 0 saturated carbocycles. The van der Waals surface area contributed by atoms with Gasteiger partial charge in [-0.1, -0.05) is 0 Å². The second-order valence-corrected chi connectivity index (χ2v) is 3.91. The van der Waals surface area contributed by atoms with Gasteiger partial charge in [0.25, 0.3) is 0 Å². The van der Waals surface area contributed by atoms with Gasteiger partial charge in [-0.2, -0.15) is 0 Å². The molecular weight excluding hydrogens is 244 g/mol. The topological polar surface area (TPSA) is 61.3 Å². The minimum absolute atomic E-state index is 0.266. The lowest BCUT2D eigenvalue weighted by molar-refractivity contribution is 0.111. The number of methoxy groups -OCH3 is 1. The van der Waals surface area contributed by atoms with E-state index in [0.29, 0.717) is 23.6 Å². The Hall–Kier alpha value is -2.43. The second kappa shape index (κ2) is 5.95. The smallest absolute Gasteiger partial charge is 0.219 e. The molecule has 2 aromatic rings. The summed E-state index contributed by atoms with van der Waals surface area (Å²) in [7, 11) is 1.55. The summed E-state index contributed by atoms with van der Waals surface area (Å²) >= 11 is 0. The van der Waals surface area contributed by atoms with Gasteiger partial charge in [-0.15, -0.1) is 0 Å². The second-order valence-electron chi connectivity index (χ2n) is 3.91. The zero-order valence-corrected chi connectivity index (χ0v) is 10.8. The first-order valence-corrected chi connectivity index (χ1v) is 5.78. The van der Waals surface area contributed by atoms with Gasteiger partial charge >= 0.3 is 0 Å². The molecule has 98 valence electrons. The summed E-state index contributed by atoms with van der Waals surface area (Å²) < 4.78 is 10.7. The molecule has 0 bridgehead atoms. The van der Waals surface area contributed by atoms with Gasteiger partial charge in [-0.05, 0) is 31.2 Å². The molecule has 0 saturated heterocycles. The Bertz CT molecular complexity index is 585. The van der Waals surface area contributed by atoms with Crippen molar-refractivity contribution in [3.8, 4) is 11.6 Å². The van der Waals surface area contributed by atoms with Crippen LogP contribution in [-0.4, -0.2) is 23.4 Å². The molecule has 0 aliphatic rings. The number of rotatable bonds is 5. The number of ether oxygens (including phenoxy) is 2. The van der Waals surface area contributed by atoms with E-state index >= 15 is 0 Å². The molecular formula is C14H14N2O3. The van der Waals surface area contributed by atoms with Crippen LogP contribution >= 0.6 is 0 Å². The highest BCUT2D eigenvalue weighted by Crippen LogP contribution is 2.20. The maximum absolute atomic E-state index is 10.9. The van der Waals surface area contributed by atoms with Crippen molar-refractivity contribution in [2.75, 3.05) is 7.11 Å². The van der Waals surface area contributed by atoms with E-state index in [1.807, 2.05) is 13.0 Å². The van der Waals surface area contributed by atoms with Crippen molar-refractivity contribution in [1.29, 1.82) is 0 Å². The third-order valence-electron chi connectivity index (χ3n) is 2.56. The highest BCUT2D eigenvalue weighted by atomic mass is 16.5. The molecule has 0 N–H and O–H groups in total. The van der Waals surface area contributed by atoms with Crippen LogP contribution in [-0.2, 0) is 6.61 Å². The standard InChI is InChI=1S/C14H14N2O3/c1-10-5-6-13(12(8-17)16-10)19-9-11-4-3-7-15-14(11)18-2/h3-8H,9H2,1-2H3. The van der Waals surface area contributed by atoms with Crippen molar-refractivity contribution in [3.05, 3.63) is 47.4 Å². The van der Waals surface area contributed by atoms with Gasteiger partial charge in [-0.3, -0.25) is 4.79 Å². The minimum atomic E-state index is 0.266. The van der Waals surface area contributed by atoms with E-state index in [2.05, 4.69) is 9.97 Å². The molecule has 0 aromatic carbocycles. The van der Waals surface area contributed by atoms with Gasteiger partial charge in [0.2, 0.25) is 5.88 Å². The Balaban J connectivity index is 2.16. The summed E-state index contributed by atoms with van der Waals surface area (Å²) in [4.78, 5) is 19.1. The molecule has 0 fully saturated rings. The third-order valence-corrected chi connectivity index (χ3v) is 2.56. The van der Waals surface area contributed by atoms with Crippen LogP contribution in [0.5, 0.6) is 11.6 Å². The first-order valence-electron chi connectivity index (χ1n) is 5.78. The fourth-order valence-electron chi connectivity index (χ4n) is 1.64. The number of carbonyl (C=O) groups is 1. The molecule has 0 aliphatic heterocycles. The van der Waals surface area contributed by atoms with Crippen LogP contribution < -0.4 is 9.47 Å². The predicted octanol–water partition coefficient (Wildman–Crippen LogP) is 2.19. The highest BCUT2D eigenvalue weighted by Gasteiger charge is 2.08. The summed E-state index contributed by atoms with van der Waals surface area (Å²) in [5.74, 6) is 0.960. The zero-order chi connectivity index (χ0) is 13.7. The van der Waals surface area contributed by atoms with Crippen molar-refractivity contribution in [2.45, 2.75) is 13.5 Å². The Morgan fingerprint density at radius 2 is 2.16 bits per heavy atom. The van der Waals surface area contributed by atoms with Gasteiger partial charge in [0.05, 0.1) is 12.7 Å². The maximum atomic E-state index is 10.9. The monoisotopic (exact) mass is 258 g/mol. The van der Waals surface area contributed by atoms with Crippen molar-refractivity contribution < 1.29 is 14.3 Å². The molecule has 2 aromatic heterocycles. The van der Waals surface area contributed by atoms with Crippen LogP contribution in [0.25, 0.3) is 0 Å². The highest BCUT2D eigenvalue weighted by molar-refractivity contribution is 5.76. The largest absolute Gasteiger partial charge is 0.486 e. The molecule has 5 heteroatoms. The normalized spacial score (nSPS) is 10.0. The quantitative estimate of drug-likeness (QED) is 0.769. The number of aryl methyl sites for hydroxylation is 1. The van der Waals surface area contributed by atoms with Gasteiger partial charge < -0.3 is 9.47 Å². The van der Waals surface area contributed by atoms with E-state index < -0.39 is 0 Å². The SMILES string of the molecule is COc1ncccc1COc1ccc(C)nc1C=O. The van der Waals surface area contributed by atoms with Crippen molar-refractivity contribution in [1.82, 2.24) is 9.97 Å². The first kappa shape index (κ1) is 13.0. The lowest BCUT2D eigenvalue weighted by Gasteiger charge is -2.10. The number of aldehydes is 1. The molecule has 5 nitrogen and oxygen atoms in total. The van der Waals surface area contributed by atoms with Gasteiger partial charge in [0.1, 0.15) is 18.1 Å².